The molecule has 0 saturated carbocycles. The molecule has 0 aromatic heterocycles. The quantitative estimate of drug-likeness (QED) is 0.125. The summed E-state index contributed by atoms with van der Waals surface area (Å²) < 4.78 is 0. The molecule has 0 aromatic carbocycles. The van der Waals surface area contributed by atoms with Gasteiger partial charge in [0.25, 0.3) is 25.0 Å². The van der Waals surface area contributed by atoms with Crippen LogP contribution >= 0.6 is 11.8 Å². The summed E-state index contributed by atoms with van der Waals surface area (Å²) in [5.41, 5.74) is -2.11. The highest BCUT2D eigenvalue weighted by molar-refractivity contribution is 8.00. The lowest BCUT2D eigenvalue weighted by atomic mass is 9.91. The smallest absolute Gasteiger partial charge is 0.356 e. The molecule has 224 valence electrons. The maximum Gasteiger partial charge on any atom is 0.470 e. The minimum Gasteiger partial charge on any atom is -0.356 e. The highest BCUT2D eigenvalue weighted by Gasteiger charge is 2.84. The number of nitrogens with zero attached hydrogens (tertiary/aromatic N) is 3. The van der Waals surface area contributed by atoms with Crippen LogP contribution in [0.3, 0.4) is 0 Å². The number of unbranched alkanes of at least 4 members (excludes halogenated alkanes) is 9. The SMILES string of the molecule is C#[N+][C@]12CSC(CCCCC(=O)NCCCCCCCCCCCC(=O)ON3C(=O)CCC3=O)[C@@]1([N+]#C)NC(=O)N2. The van der Waals surface area contributed by atoms with Crippen LogP contribution in [0, 0.1) is 13.1 Å². The number of thioether (sulfide) groups is 1. The molecule has 0 radical (unpaired) electrons. The third kappa shape index (κ3) is 8.35. The zero-order valence-corrected chi connectivity index (χ0v) is 24.5. The molecule has 3 N–H and O–H groups in total. The molecule has 0 bridgehead atoms. The normalized spacial score (nSPS) is 24.8. The summed E-state index contributed by atoms with van der Waals surface area (Å²) >= 11 is 1.62. The largest absolute Gasteiger partial charge is 0.470 e. The van der Waals surface area contributed by atoms with Gasteiger partial charge in [-0.1, -0.05) is 51.4 Å². The summed E-state index contributed by atoms with van der Waals surface area (Å²) in [6, 6.07) is -0.385. The van der Waals surface area contributed by atoms with Crippen molar-refractivity contribution in [3.05, 3.63) is 9.69 Å². The average Bonchev–Trinajstić information content (AvgIpc) is 3.54. The molecule has 3 fully saturated rings. The summed E-state index contributed by atoms with van der Waals surface area (Å²) in [5, 5.41) is 9.06. The minimum atomic E-state index is -1.07. The number of hydroxylamine groups is 2. The van der Waals surface area contributed by atoms with Crippen molar-refractivity contribution in [2.24, 2.45) is 0 Å². The molecule has 41 heavy (non-hydrogen) atoms. The van der Waals surface area contributed by atoms with Gasteiger partial charge in [0.2, 0.25) is 5.91 Å². The predicted octanol–water partition coefficient (Wildman–Crippen LogP) is 3.92. The third-order valence-electron chi connectivity index (χ3n) is 7.84. The fourth-order valence-electron chi connectivity index (χ4n) is 5.48. The van der Waals surface area contributed by atoms with Gasteiger partial charge in [-0.05, 0) is 35.4 Å². The van der Waals surface area contributed by atoms with Crippen molar-refractivity contribution in [3.8, 4) is 13.1 Å². The number of rotatable bonds is 18. The lowest BCUT2D eigenvalue weighted by Crippen LogP contribution is -2.58. The van der Waals surface area contributed by atoms with E-state index in [-0.39, 0.29) is 36.5 Å². The molecule has 3 rings (SSSR count). The van der Waals surface area contributed by atoms with E-state index in [4.69, 9.17) is 18.0 Å². The first-order valence-corrected chi connectivity index (χ1v) is 15.7. The number of hydrogen-bond donors (Lipinski definition) is 3. The molecule has 0 aromatic rings. The van der Waals surface area contributed by atoms with Gasteiger partial charge < -0.3 is 10.2 Å². The van der Waals surface area contributed by atoms with Gasteiger partial charge in [0.05, 0.1) is 0 Å². The van der Waals surface area contributed by atoms with Crippen LogP contribution in [-0.4, -0.2) is 63.7 Å². The van der Waals surface area contributed by atoms with Crippen molar-refractivity contribution < 1.29 is 28.8 Å². The first-order chi connectivity index (χ1) is 19.8. The Hall–Kier alpha value is -3.32. The van der Waals surface area contributed by atoms with Gasteiger partial charge in [-0.3, -0.25) is 25.0 Å². The van der Waals surface area contributed by atoms with Crippen molar-refractivity contribution in [2.45, 2.75) is 119 Å². The highest BCUT2D eigenvalue weighted by atomic mass is 32.2. The lowest BCUT2D eigenvalue weighted by Gasteiger charge is -2.16. The third-order valence-corrected chi connectivity index (χ3v) is 9.40. The fourth-order valence-corrected chi connectivity index (χ4v) is 7.17. The summed E-state index contributed by atoms with van der Waals surface area (Å²) in [5.74, 6) is -0.902. The number of carbonyl (C=O) groups excluding carboxylic acids is 5. The van der Waals surface area contributed by atoms with Crippen molar-refractivity contribution in [2.75, 3.05) is 12.3 Å². The first-order valence-electron chi connectivity index (χ1n) is 14.7. The maximum atomic E-state index is 12.2. The molecule has 3 aliphatic rings. The Morgan fingerprint density at radius 1 is 0.878 bits per heavy atom. The number of urea groups is 1. The topological polar surface area (TPSA) is 143 Å². The predicted molar refractivity (Wildman–Crippen MR) is 155 cm³/mol. The van der Waals surface area contributed by atoms with Crippen LogP contribution in [0.15, 0.2) is 0 Å². The van der Waals surface area contributed by atoms with Gasteiger partial charge in [0.15, 0.2) is 0 Å². The molecule has 5 amide bonds. The Morgan fingerprint density at radius 3 is 2.12 bits per heavy atom. The van der Waals surface area contributed by atoms with Crippen molar-refractivity contribution in [1.82, 2.24) is 21.0 Å². The average molecular weight is 591 g/mol. The molecule has 3 heterocycles. The second kappa shape index (κ2) is 15.6. The van der Waals surface area contributed by atoms with Crippen LogP contribution in [0.2, 0.25) is 0 Å². The van der Waals surface area contributed by atoms with E-state index in [0.717, 1.165) is 70.6 Å². The molecule has 13 heteroatoms. The second-order valence-corrected chi connectivity index (χ2v) is 12.0. The van der Waals surface area contributed by atoms with Crippen LogP contribution < -0.4 is 16.0 Å². The van der Waals surface area contributed by atoms with Crippen LogP contribution in [0.25, 0.3) is 9.69 Å². The summed E-state index contributed by atoms with van der Waals surface area (Å²) in [6.07, 6.45) is 12.2. The number of fused-ring (bicyclic) bond motifs is 1. The summed E-state index contributed by atoms with van der Waals surface area (Å²) in [7, 11) is 0. The summed E-state index contributed by atoms with van der Waals surface area (Å²) in [6.45, 7) is 12.0. The number of imide groups is 1. The van der Waals surface area contributed by atoms with Gasteiger partial charge in [0, 0.05) is 32.2 Å². The minimum absolute atomic E-state index is 0.0481. The van der Waals surface area contributed by atoms with E-state index in [9.17, 15) is 24.0 Å². The molecule has 3 atom stereocenters. The first kappa shape index (κ1) is 32.2. The van der Waals surface area contributed by atoms with Gasteiger partial charge in [-0.25, -0.2) is 9.59 Å². The standard InChI is InChI=1S/C28H40N6O6S/c1-29-27-20-41-21(28(27,30-2)33-26(39)32-27)14-11-12-15-22(35)31-19-13-9-7-5-3-4-6-8-10-16-25(38)40-34-23(36)17-18-24(34)37/h1-2,21H,3-20H2,(H-2,31,32,33,35,39)/p+2/t21?,27-,28+/m0/s1. The van der Waals surface area contributed by atoms with Crippen LogP contribution in [0.1, 0.15) is 103 Å². The van der Waals surface area contributed by atoms with E-state index in [1.165, 1.54) is 0 Å². The monoisotopic (exact) mass is 590 g/mol. The van der Waals surface area contributed by atoms with E-state index in [0.29, 0.717) is 30.2 Å². The second-order valence-electron chi connectivity index (χ2n) is 10.8. The number of hydrogen-bond acceptors (Lipinski definition) is 7. The Morgan fingerprint density at radius 2 is 1.49 bits per heavy atom. The van der Waals surface area contributed by atoms with Gasteiger partial charge in [-0.2, -0.15) is 0 Å². The Labute approximate surface area is 245 Å². The van der Waals surface area contributed by atoms with Crippen molar-refractivity contribution in [1.29, 1.82) is 0 Å². The maximum absolute atomic E-state index is 12.2. The fraction of sp³-hybridized carbons (Fsp3) is 0.750. The van der Waals surface area contributed by atoms with Crippen molar-refractivity contribution in [3.63, 3.8) is 0 Å². The Bertz CT molecular complexity index is 1060. The molecular weight excluding hydrogens is 548 g/mol. The zero-order chi connectivity index (χ0) is 29.7. The summed E-state index contributed by atoms with van der Waals surface area (Å²) in [4.78, 5) is 71.5. The van der Waals surface area contributed by atoms with Gasteiger partial charge in [-0.15, -0.1) is 16.8 Å². The van der Waals surface area contributed by atoms with Crippen LogP contribution in [0.5, 0.6) is 0 Å². The van der Waals surface area contributed by atoms with Crippen LogP contribution in [0.4, 0.5) is 4.79 Å². The molecule has 3 saturated heterocycles. The molecule has 0 aliphatic carbocycles. The molecule has 0 spiro atoms. The number of amides is 5. The lowest BCUT2D eigenvalue weighted by molar-refractivity contribution is -0.197. The molecule has 1 unspecified atom stereocenters. The van der Waals surface area contributed by atoms with Gasteiger partial charge >= 0.3 is 23.3 Å². The van der Waals surface area contributed by atoms with E-state index < -0.39 is 29.1 Å². The zero-order valence-electron chi connectivity index (χ0n) is 23.7. The molecule has 12 nitrogen and oxygen atoms in total. The Kier molecular flexibility index (Phi) is 12.3. The van der Waals surface area contributed by atoms with Crippen LogP contribution in [-0.2, 0) is 24.0 Å². The Balaban J connectivity index is 1.11. The van der Waals surface area contributed by atoms with E-state index in [1.54, 1.807) is 11.8 Å². The molecule has 3 aliphatic heterocycles. The van der Waals surface area contributed by atoms with Crippen molar-refractivity contribution >= 4 is 41.5 Å². The van der Waals surface area contributed by atoms with E-state index in [2.05, 4.69) is 25.6 Å². The van der Waals surface area contributed by atoms with E-state index in [1.807, 2.05) is 0 Å². The number of nitrogens with one attached hydrogen (secondary N) is 3. The highest BCUT2D eigenvalue weighted by Crippen LogP contribution is 2.49. The van der Waals surface area contributed by atoms with Gasteiger partial charge in [0.1, 0.15) is 11.0 Å². The van der Waals surface area contributed by atoms with E-state index >= 15 is 0 Å². The molecular formula is C28H42N6O6S+2. The number of carbonyl (C=O) groups is 5.